The third kappa shape index (κ3) is 4.73. The van der Waals surface area contributed by atoms with Gasteiger partial charge >= 0.3 is 0 Å². The average Bonchev–Trinajstić information content (AvgIpc) is 2.78. The van der Waals surface area contributed by atoms with Gasteiger partial charge in [-0.3, -0.25) is 0 Å². The van der Waals surface area contributed by atoms with Crippen molar-refractivity contribution in [1.82, 2.24) is 0 Å². The van der Waals surface area contributed by atoms with Gasteiger partial charge in [0.15, 0.2) is 0 Å². The summed E-state index contributed by atoms with van der Waals surface area (Å²) in [6.45, 7) is 18.2. The van der Waals surface area contributed by atoms with Crippen molar-refractivity contribution in [3.05, 3.63) is 107 Å². The lowest BCUT2D eigenvalue weighted by Gasteiger charge is -2.25. The van der Waals surface area contributed by atoms with E-state index in [1.165, 1.54) is 55.6 Å². The van der Waals surface area contributed by atoms with Crippen molar-refractivity contribution in [3.8, 4) is 33.4 Å². The number of hydrogen-bond donors (Lipinski definition) is 0. The van der Waals surface area contributed by atoms with Crippen LogP contribution in [0.5, 0.6) is 0 Å². The number of hydrogen-bond acceptors (Lipinski definition) is 0. The van der Waals surface area contributed by atoms with Gasteiger partial charge in [-0.25, -0.2) is 0 Å². The molecule has 34 heavy (non-hydrogen) atoms. The summed E-state index contributed by atoms with van der Waals surface area (Å²) in [5.74, 6) is 0. The largest absolute Gasteiger partial charge is 0.0617 e. The summed E-state index contributed by atoms with van der Waals surface area (Å²) in [7, 11) is 0. The van der Waals surface area contributed by atoms with E-state index in [1.54, 1.807) is 0 Å². The van der Waals surface area contributed by atoms with Crippen LogP contribution in [0.2, 0.25) is 0 Å². The Labute approximate surface area is 206 Å². The summed E-state index contributed by atoms with van der Waals surface area (Å²) < 4.78 is 0. The van der Waals surface area contributed by atoms with Crippen LogP contribution in [0.25, 0.3) is 33.4 Å². The lowest BCUT2D eigenvalue weighted by molar-refractivity contribution is 0.591. The third-order valence-corrected chi connectivity index (χ3v) is 6.84. The molecule has 0 saturated heterocycles. The van der Waals surface area contributed by atoms with Crippen molar-refractivity contribution < 1.29 is 0 Å². The van der Waals surface area contributed by atoms with Crippen molar-refractivity contribution in [1.29, 1.82) is 0 Å². The second-order valence-corrected chi connectivity index (χ2v) is 11.6. The molecule has 0 saturated carbocycles. The Morgan fingerprint density at radius 2 is 0.676 bits per heavy atom. The quantitative estimate of drug-likeness (QED) is 0.294. The number of aryl methyl sites for hydroxylation is 2. The Hall–Kier alpha value is -3.12. The Morgan fingerprint density at radius 3 is 0.971 bits per heavy atom. The summed E-state index contributed by atoms with van der Waals surface area (Å²) in [5, 5.41) is 0. The molecule has 0 aliphatic heterocycles. The molecule has 0 radical (unpaired) electrons. The Kier molecular flexibility index (Phi) is 6.30. The van der Waals surface area contributed by atoms with Crippen LogP contribution in [0.15, 0.2) is 84.9 Å². The molecule has 0 heterocycles. The zero-order chi connectivity index (χ0) is 24.7. The highest BCUT2D eigenvalue weighted by Crippen LogP contribution is 2.38. The first kappa shape index (κ1) is 24.0. The van der Waals surface area contributed by atoms with Gasteiger partial charge in [-0.1, -0.05) is 126 Å². The van der Waals surface area contributed by atoms with E-state index in [1.807, 2.05) is 0 Å². The molecule has 0 N–H and O–H groups in total. The van der Waals surface area contributed by atoms with Crippen LogP contribution in [0.4, 0.5) is 0 Å². The zero-order valence-electron chi connectivity index (χ0n) is 22.1. The summed E-state index contributed by atoms with van der Waals surface area (Å²) in [6.07, 6.45) is 0. The highest BCUT2D eigenvalue weighted by molar-refractivity contribution is 5.78. The first-order valence-corrected chi connectivity index (χ1v) is 12.4. The van der Waals surface area contributed by atoms with Crippen LogP contribution >= 0.6 is 0 Å². The molecule has 0 aromatic heterocycles. The molecule has 0 nitrogen and oxygen atoms in total. The molecule has 4 aromatic carbocycles. The average molecular weight is 447 g/mol. The van der Waals surface area contributed by atoms with Crippen LogP contribution in [0.3, 0.4) is 0 Å². The molecule has 0 aliphatic carbocycles. The molecule has 0 heteroatoms. The minimum absolute atomic E-state index is 0.108. The number of rotatable bonds is 3. The van der Waals surface area contributed by atoms with Gasteiger partial charge in [0.05, 0.1) is 0 Å². The van der Waals surface area contributed by atoms with Gasteiger partial charge in [-0.05, 0) is 80.3 Å². The van der Waals surface area contributed by atoms with Crippen LogP contribution in [-0.2, 0) is 10.8 Å². The maximum Gasteiger partial charge on any atom is -0.0117 e. The number of benzene rings is 4. The molecular weight excluding hydrogens is 408 g/mol. The fourth-order valence-corrected chi connectivity index (χ4v) is 5.01. The van der Waals surface area contributed by atoms with Crippen molar-refractivity contribution in [2.24, 2.45) is 0 Å². The lowest BCUT2D eigenvalue weighted by atomic mass is 9.80. The second-order valence-electron chi connectivity index (χ2n) is 11.6. The summed E-state index contributed by atoms with van der Waals surface area (Å²) in [4.78, 5) is 0. The van der Waals surface area contributed by atoms with E-state index in [4.69, 9.17) is 0 Å². The SMILES string of the molecule is Cc1cccc(C(C)(C)C)c1-c1ccc(-c2ccc(-c3c(C)cccc3C(C)(C)C)cc2)cc1. The van der Waals surface area contributed by atoms with Gasteiger partial charge in [-0.2, -0.15) is 0 Å². The minimum Gasteiger partial charge on any atom is -0.0617 e. The molecule has 0 bridgehead atoms. The fraction of sp³-hybridized carbons (Fsp3) is 0.294. The Bertz CT molecular complexity index is 1180. The smallest absolute Gasteiger partial charge is 0.0117 e. The maximum absolute atomic E-state index is 2.29. The highest BCUT2D eigenvalue weighted by Gasteiger charge is 2.21. The molecule has 0 amide bonds. The van der Waals surface area contributed by atoms with Crippen molar-refractivity contribution in [2.75, 3.05) is 0 Å². The second kappa shape index (κ2) is 8.91. The summed E-state index contributed by atoms with van der Waals surface area (Å²) in [6, 6.07) is 31.5. The summed E-state index contributed by atoms with van der Waals surface area (Å²) in [5.41, 5.74) is 13.5. The van der Waals surface area contributed by atoms with E-state index < -0.39 is 0 Å². The monoisotopic (exact) mass is 446 g/mol. The van der Waals surface area contributed by atoms with Gasteiger partial charge < -0.3 is 0 Å². The predicted octanol–water partition coefficient (Wildman–Crippen LogP) is 9.90. The topological polar surface area (TPSA) is 0 Å². The van der Waals surface area contributed by atoms with Crippen LogP contribution in [0, 0.1) is 13.8 Å². The molecule has 0 aliphatic rings. The van der Waals surface area contributed by atoms with Gasteiger partial charge in [0.2, 0.25) is 0 Å². The molecule has 174 valence electrons. The first-order valence-electron chi connectivity index (χ1n) is 12.4. The van der Waals surface area contributed by atoms with Crippen LogP contribution in [0.1, 0.15) is 63.8 Å². The molecule has 4 aromatic rings. The van der Waals surface area contributed by atoms with E-state index in [9.17, 15) is 0 Å². The maximum atomic E-state index is 2.29. The lowest BCUT2D eigenvalue weighted by Crippen LogP contribution is -2.13. The Balaban J connectivity index is 1.69. The predicted molar refractivity (Wildman–Crippen MR) is 150 cm³/mol. The molecule has 0 fully saturated rings. The van der Waals surface area contributed by atoms with Crippen molar-refractivity contribution in [2.45, 2.75) is 66.2 Å². The van der Waals surface area contributed by atoms with Crippen molar-refractivity contribution >= 4 is 0 Å². The summed E-state index contributed by atoms with van der Waals surface area (Å²) >= 11 is 0. The third-order valence-electron chi connectivity index (χ3n) is 6.84. The molecule has 0 atom stereocenters. The molecular formula is C34H38. The molecule has 0 spiro atoms. The van der Waals surface area contributed by atoms with Crippen molar-refractivity contribution in [3.63, 3.8) is 0 Å². The van der Waals surface area contributed by atoms with Gasteiger partial charge in [0, 0.05) is 0 Å². The van der Waals surface area contributed by atoms with E-state index in [-0.39, 0.29) is 10.8 Å². The van der Waals surface area contributed by atoms with Gasteiger partial charge in [0.25, 0.3) is 0 Å². The fourth-order valence-electron chi connectivity index (χ4n) is 5.01. The van der Waals surface area contributed by atoms with Crippen LogP contribution in [-0.4, -0.2) is 0 Å². The normalized spacial score (nSPS) is 12.1. The standard InChI is InChI=1S/C34H38/c1-23-11-9-13-29(33(3,4)5)31(23)27-19-15-25(16-20-27)26-17-21-28(22-18-26)32-24(2)12-10-14-30(32)34(6,7)8/h9-22H,1-8H3. The van der Waals surface area contributed by atoms with E-state index in [0.29, 0.717) is 0 Å². The zero-order valence-corrected chi connectivity index (χ0v) is 22.1. The Morgan fingerprint density at radius 1 is 0.382 bits per heavy atom. The first-order chi connectivity index (χ1) is 16.0. The molecule has 4 rings (SSSR count). The van der Waals surface area contributed by atoms with E-state index >= 15 is 0 Å². The van der Waals surface area contributed by atoms with E-state index in [0.717, 1.165) is 0 Å². The van der Waals surface area contributed by atoms with Crippen LogP contribution < -0.4 is 0 Å². The highest BCUT2D eigenvalue weighted by atomic mass is 14.3. The molecule has 0 unspecified atom stereocenters. The minimum atomic E-state index is 0.108. The van der Waals surface area contributed by atoms with Gasteiger partial charge in [-0.15, -0.1) is 0 Å². The van der Waals surface area contributed by atoms with E-state index in [2.05, 4.69) is 140 Å². The van der Waals surface area contributed by atoms with Gasteiger partial charge in [0.1, 0.15) is 0 Å².